The molecule has 0 aliphatic rings. The first-order valence-corrected chi connectivity index (χ1v) is 6.11. The summed E-state index contributed by atoms with van der Waals surface area (Å²) >= 11 is 0. The van der Waals surface area contributed by atoms with Crippen LogP contribution in [0.25, 0.3) is 0 Å². The molecule has 2 aromatic rings. The van der Waals surface area contributed by atoms with Crippen LogP contribution in [0.5, 0.6) is 0 Å². The van der Waals surface area contributed by atoms with Gasteiger partial charge in [0, 0.05) is 5.69 Å². The third kappa shape index (κ3) is 3.61. The maximum atomic E-state index is 12.0. The van der Waals surface area contributed by atoms with Crippen molar-refractivity contribution >= 4 is 11.7 Å². The fraction of sp³-hybridized carbons (Fsp3) is 0.267. The molecule has 0 atom stereocenters. The predicted octanol–water partition coefficient (Wildman–Crippen LogP) is 3.21. The molecule has 0 amide bonds. The van der Waals surface area contributed by atoms with E-state index in [0.29, 0.717) is 5.76 Å². The quantitative estimate of drug-likeness (QED) is 0.838. The van der Waals surface area contributed by atoms with Gasteiger partial charge in [0.1, 0.15) is 17.9 Å². The van der Waals surface area contributed by atoms with Gasteiger partial charge >= 0.3 is 5.97 Å². The van der Waals surface area contributed by atoms with E-state index in [1.54, 1.807) is 32.2 Å². The Hall–Kier alpha value is -2.23. The molecule has 1 heterocycles. The van der Waals surface area contributed by atoms with Crippen LogP contribution in [0.3, 0.4) is 0 Å². The number of carbonyl (C=O) groups excluding carboxylic acids is 1. The number of anilines is 1. The minimum Gasteiger partial charge on any atom is -0.466 e. The molecule has 0 saturated carbocycles. The normalized spacial score (nSPS) is 11.1. The number of esters is 1. The summed E-state index contributed by atoms with van der Waals surface area (Å²) in [7, 11) is 0. The highest BCUT2D eigenvalue weighted by Crippen LogP contribution is 2.16. The monoisotopic (exact) mass is 259 g/mol. The summed E-state index contributed by atoms with van der Waals surface area (Å²) in [6, 6.07) is 13.1. The van der Waals surface area contributed by atoms with Gasteiger partial charge in [-0.05, 0) is 38.1 Å². The first-order chi connectivity index (χ1) is 9.08. The highest BCUT2D eigenvalue weighted by atomic mass is 16.5. The van der Waals surface area contributed by atoms with E-state index >= 15 is 0 Å². The Morgan fingerprint density at radius 2 is 1.95 bits per heavy atom. The number of hydrogen-bond acceptors (Lipinski definition) is 4. The van der Waals surface area contributed by atoms with Crippen LogP contribution < -0.4 is 5.32 Å². The summed E-state index contributed by atoms with van der Waals surface area (Å²) in [6.45, 7) is 3.71. The molecule has 0 unspecified atom stereocenters. The van der Waals surface area contributed by atoms with Crippen LogP contribution >= 0.6 is 0 Å². The van der Waals surface area contributed by atoms with Gasteiger partial charge in [-0.25, -0.2) is 4.79 Å². The molecule has 4 nitrogen and oxygen atoms in total. The Balaban J connectivity index is 1.93. The molecule has 0 radical (unpaired) electrons. The fourth-order valence-corrected chi connectivity index (χ4v) is 1.65. The lowest BCUT2D eigenvalue weighted by Gasteiger charge is -2.25. The van der Waals surface area contributed by atoms with Crippen LogP contribution in [-0.2, 0) is 16.1 Å². The van der Waals surface area contributed by atoms with Crippen molar-refractivity contribution in [1.82, 2.24) is 0 Å². The molecule has 2 rings (SSSR count). The van der Waals surface area contributed by atoms with Crippen LogP contribution in [0.4, 0.5) is 5.69 Å². The summed E-state index contributed by atoms with van der Waals surface area (Å²) in [4.78, 5) is 12.0. The highest BCUT2D eigenvalue weighted by molar-refractivity contribution is 5.83. The molecule has 19 heavy (non-hydrogen) atoms. The van der Waals surface area contributed by atoms with Crippen molar-refractivity contribution < 1.29 is 13.9 Å². The zero-order valence-electron chi connectivity index (χ0n) is 11.1. The van der Waals surface area contributed by atoms with Gasteiger partial charge in [0.15, 0.2) is 0 Å². The average Bonchev–Trinajstić information content (AvgIpc) is 2.89. The van der Waals surface area contributed by atoms with E-state index in [4.69, 9.17) is 9.15 Å². The van der Waals surface area contributed by atoms with Gasteiger partial charge < -0.3 is 14.5 Å². The van der Waals surface area contributed by atoms with Crippen molar-refractivity contribution in [1.29, 1.82) is 0 Å². The second-order valence-electron chi connectivity index (χ2n) is 4.77. The number of nitrogens with one attached hydrogen (secondary N) is 1. The van der Waals surface area contributed by atoms with Gasteiger partial charge in [-0.15, -0.1) is 0 Å². The second kappa shape index (κ2) is 5.61. The molecule has 0 spiro atoms. The lowest BCUT2D eigenvalue weighted by atomic mass is 10.1. The SMILES string of the molecule is CC(C)(Nc1ccccc1)C(=O)OCc1ccco1. The van der Waals surface area contributed by atoms with E-state index in [1.807, 2.05) is 30.3 Å². The lowest BCUT2D eigenvalue weighted by molar-refractivity contribution is -0.149. The number of benzene rings is 1. The Morgan fingerprint density at radius 3 is 2.58 bits per heavy atom. The van der Waals surface area contributed by atoms with E-state index in [-0.39, 0.29) is 12.6 Å². The van der Waals surface area contributed by atoms with Gasteiger partial charge in [0.2, 0.25) is 0 Å². The molecule has 4 heteroatoms. The minimum atomic E-state index is -0.798. The maximum Gasteiger partial charge on any atom is 0.331 e. The summed E-state index contributed by atoms with van der Waals surface area (Å²) in [5.41, 5.74) is 0.0796. The van der Waals surface area contributed by atoms with Gasteiger partial charge in [0.25, 0.3) is 0 Å². The van der Waals surface area contributed by atoms with Gasteiger partial charge in [-0.1, -0.05) is 18.2 Å². The molecule has 0 fully saturated rings. The molecule has 0 saturated heterocycles. The van der Waals surface area contributed by atoms with E-state index in [9.17, 15) is 4.79 Å². The lowest BCUT2D eigenvalue weighted by Crippen LogP contribution is -2.41. The second-order valence-corrected chi connectivity index (χ2v) is 4.77. The molecule has 0 aliphatic carbocycles. The summed E-state index contributed by atoms with van der Waals surface area (Å²) < 4.78 is 10.3. The standard InChI is InChI=1S/C15H17NO3/c1-15(2,16-12-7-4-3-5-8-12)14(17)19-11-13-9-6-10-18-13/h3-10,16H,11H2,1-2H3. The molecule has 1 aromatic heterocycles. The zero-order valence-corrected chi connectivity index (χ0v) is 11.1. The van der Waals surface area contributed by atoms with Gasteiger partial charge in [-0.3, -0.25) is 0 Å². The fourth-order valence-electron chi connectivity index (χ4n) is 1.65. The number of ether oxygens (including phenoxy) is 1. The molecule has 1 aromatic carbocycles. The number of furan rings is 1. The van der Waals surface area contributed by atoms with Gasteiger partial charge in [-0.2, -0.15) is 0 Å². The number of hydrogen-bond donors (Lipinski definition) is 1. The number of rotatable bonds is 5. The molecule has 0 bridgehead atoms. The van der Waals surface area contributed by atoms with Crippen molar-refractivity contribution in [3.8, 4) is 0 Å². The Kier molecular flexibility index (Phi) is 3.90. The average molecular weight is 259 g/mol. The van der Waals surface area contributed by atoms with Crippen molar-refractivity contribution in [2.45, 2.75) is 26.0 Å². The molecular formula is C15H17NO3. The summed E-state index contributed by atoms with van der Waals surface area (Å²) in [5, 5.41) is 3.14. The van der Waals surface area contributed by atoms with Crippen LogP contribution in [0.2, 0.25) is 0 Å². The van der Waals surface area contributed by atoms with Crippen LogP contribution in [-0.4, -0.2) is 11.5 Å². The summed E-state index contributed by atoms with van der Waals surface area (Å²) in [5.74, 6) is 0.302. The third-order valence-corrected chi connectivity index (χ3v) is 2.67. The molecule has 0 aliphatic heterocycles. The molecular weight excluding hydrogens is 242 g/mol. The van der Waals surface area contributed by atoms with Crippen molar-refractivity contribution in [2.75, 3.05) is 5.32 Å². The van der Waals surface area contributed by atoms with Crippen molar-refractivity contribution in [2.24, 2.45) is 0 Å². The van der Waals surface area contributed by atoms with Crippen LogP contribution in [0, 0.1) is 0 Å². The minimum absolute atomic E-state index is 0.145. The van der Waals surface area contributed by atoms with Gasteiger partial charge in [0.05, 0.1) is 6.26 Å². The Bertz CT molecular complexity index is 518. The Morgan fingerprint density at radius 1 is 1.21 bits per heavy atom. The van der Waals surface area contributed by atoms with Crippen molar-refractivity contribution in [3.63, 3.8) is 0 Å². The van der Waals surface area contributed by atoms with Crippen LogP contribution in [0.15, 0.2) is 53.1 Å². The van der Waals surface area contributed by atoms with E-state index in [1.165, 1.54) is 0 Å². The van der Waals surface area contributed by atoms with E-state index in [0.717, 1.165) is 5.69 Å². The Labute approximate surface area is 112 Å². The first kappa shape index (κ1) is 13.2. The number of para-hydroxylation sites is 1. The molecule has 1 N–H and O–H groups in total. The topological polar surface area (TPSA) is 51.5 Å². The van der Waals surface area contributed by atoms with Crippen molar-refractivity contribution in [3.05, 3.63) is 54.5 Å². The summed E-state index contributed by atoms with van der Waals surface area (Å²) in [6.07, 6.45) is 1.55. The van der Waals surface area contributed by atoms with E-state index < -0.39 is 5.54 Å². The maximum absolute atomic E-state index is 12.0. The third-order valence-electron chi connectivity index (χ3n) is 2.67. The smallest absolute Gasteiger partial charge is 0.331 e. The molecule has 100 valence electrons. The predicted molar refractivity (Wildman–Crippen MR) is 72.6 cm³/mol. The zero-order chi connectivity index (χ0) is 13.7. The first-order valence-electron chi connectivity index (χ1n) is 6.11. The largest absolute Gasteiger partial charge is 0.466 e. The van der Waals surface area contributed by atoms with Crippen LogP contribution in [0.1, 0.15) is 19.6 Å². The van der Waals surface area contributed by atoms with E-state index in [2.05, 4.69) is 5.32 Å². The number of carbonyl (C=O) groups is 1. The highest BCUT2D eigenvalue weighted by Gasteiger charge is 2.29.